The summed E-state index contributed by atoms with van der Waals surface area (Å²) in [6, 6.07) is 0. The number of hydrogen-bond donors (Lipinski definition) is 0. The van der Waals surface area contributed by atoms with Gasteiger partial charge in [-0.05, 0) is 0 Å². The molecule has 0 N–H and O–H groups in total. The van der Waals surface area contributed by atoms with E-state index in [1.54, 1.807) is 0 Å². The zero-order valence-corrected chi connectivity index (χ0v) is 4.13. The fourth-order valence-corrected chi connectivity index (χ4v) is 0.192. The molecule has 40 valence electrons. The monoisotopic (exact) mass is 108 g/mol. The first kappa shape index (κ1) is 6.64. The summed E-state index contributed by atoms with van der Waals surface area (Å²) in [5.74, 6) is 2.05. The molecule has 0 aliphatic rings. The Balaban J connectivity index is 4.12. The van der Waals surface area contributed by atoms with Crippen LogP contribution in [0.2, 0.25) is 0 Å². The Kier molecular flexibility index (Phi) is 3.17. The van der Waals surface area contributed by atoms with Crippen molar-refractivity contribution in [1.29, 1.82) is 0 Å². The zero-order chi connectivity index (χ0) is 6.41. The van der Waals surface area contributed by atoms with Crippen molar-refractivity contribution in [2.45, 2.75) is 0 Å². The van der Waals surface area contributed by atoms with Crippen LogP contribution in [0.3, 0.4) is 0 Å². The van der Waals surface area contributed by atoms with E-state index < -0.39 is 0 Å². The molecular weight excluding hydrogens is 104 g/mol. The quantitative estimate of drug-likeness (QED) is 0.163. The molecule has 0 fully saturated rings. The minimum absolute atomic E-state index is 0.00694. The summed E-state index contributed by atoms with van der Waals surface area (Å²) in [5.41, 5.74) is -0.00694. The summed E-state index contributed by atoms with van der Waals surface area (Å²) in [5, 5.41) is 0. The predicted octanol–water partition coefficient (Wildman–Crippen LogP) is -0.0562. The van der Waals surface area contributed by atoms with E-state index in [-0.39, 0.29) is 5.57 Å². The topological polar surface area (TPSA) is 34.1 Å². The second kappa shape index (κ2) is 3.82. The van der Waals surface area contributed by atoms with Gasteiger partial charge in [0.2, 0.25) is 0 Å². The molecule has 0 aliphatic carbocycles. The Labute approximate surface area is 47.2 Å². The van der Waals surface area contributed by atoms with E-state index in [1.807, 2.05) is 5.92 Å². The van der Waals surface area contributed by atoms with Crippen molar-refractivity contribution in [2.75, 3.05) is 0 Å². The lowest BCUT2D eigenvalue weighted by molar-refractivity contribution is -0.109. The molecule has 0 amide bonds. The standard InChI is InChI=1S/C6H4O2/c1-2-3-6(4-7)5-8/h1,3-5H. The predicted molar refractivity (Wildman–Crippen MR) is 29.0 cm³/mol. The molecule has 0 unspecified atom stereocenters. The molecule has 2 heteroatoms. The number of aldehydes is 2. The normalized spacial score (nSPS) is 6.38. The highest BCUT2D eigenvalue weighted by Gasteiger charge is 1.84. The third-order valence-electron chi connectivity index (χ3n) is 0.522. The van der Waals surface area contributed by atoms with E-state index >= 15 is 0 Å². The van der Waals surface area contributed by atoms with Gasteiger partial charge in [0.15, 0.2) is 12.6 Å². The van der Waals surface area contributed by atoms with E-state index in [1.165, 1.54) is 0 Å². The molecule has 0 atom stereocenters. The first-order valence-corrected chi connectivity index (χ1v) is 1.91. The van der Waals surface area contributed by atoms with Crippen molar-refractivity contribution in [3.63, 3.8) is 0 Å². The van der Waals surface area contributed by atoms with Crippen molar-refractivity contribution in [3.8, 4) is 12.3 Å². The molecule has 2 nitrogen and oxygen atoms in total. The third kappa shape index (κ3) is 1.93. The first-order chi connectivity index (χ1) is 3.85. The third-order valence-corrected chi connectivity index (χ3v) is 0.522. The molecule has 0 saturated heterocycles. The Morgan fingerprint density at radius 1 is 1.38 bits per heavy atom. The highest BCUT2D eigenvalue weighted by Crippen LogP contribution is 1.78. The average molecular weight is 108 g/mol. The van der Waals surface area contributed by atoms with Gasteiger partial charge in [0.05, 0.1) is 5.57 Å². The maximum atomic E-state index is 9.73. The second-order valence-electron chi connectivity index (χ2n) is 1.05. The number of carbonyl (C=O) groups excluding carboxylic acids is 2. The lowest BCUT2D eigenvalue weighted by atomic mass is 10.3. The zero-order valence-electron chi connectivity index (χ0n) is 4.13. The Morgan fingerprint density at radius 2 is 1.88 bits per heavy atom. The number of rotatable bonds is 2. The lowest BCUT2D eigenvalue weighted by Gasteiger charge is -1.73. The highest BCUT2D eigenvalue weighted by atomic mass is 16.1. The molecule has 0 radical (unpaired) electrons. The summed E-state index contributed by atoms with van der Waals surface area (Å²) in [6.45, 7) is 0. The van der Waals surface area contributed by atoms with Crippen LogP contribution in [0.4, 0.5) is 0 Å². The van der Waals surface area contributed by atoms with Crippen LogP contribution in [-0.2, 0) is 9.59 Å². The number of carbonyl (C=O) groups is 2. The van der Waals surface area contributed by atoms with E-state index in [2.05, 4.69) is 0 Å². The highest BCUT2D eigenvalue weighted by molar-refractivity contribution is 5.99. The Morgan fingerprint density at radius 3 is 2.00 bits per heavy atom. The molecule has 0 aromatic rings. The Hall–Kier alpha value is -1.36. The van der Waals surface area contributed by atoms with Gasteiger partial charge in [-0.1, -0.05) is 5.92 Å². The minimum Gasteiger partial charge on any atom is -0.298 e. The van der Waals surface area contributed by atoms with Gasteiger partial charge in [-0.2, -0.15) is 0 Å². The van der Waals surface area contributed by atoms with Crippen LogP contribution in [0.5, 0.6) is 0 Å². The van der Waals surface area contributed by atoms with Crippen molar-refractivity contribution >= 4 is 12.6 Å². The van der Waals surface area contributed by atoms with E-state index in [0.717, 1.165) is 6.08 Å². The average Bonchev–Trinajstić information content (AvgIpc) is 1.83. The van der Waals surface area contributed by atoms with Crippen LogP contribution in [0, 0.1) is 12.3 Å². The van der Waals surface area contributed by atoms with E-state index in [9.17, 15) is 9.59 Å². The lowest BCUT2D eigenvalue weighted by Crippen LogP contribution is -1.82. The van der Waals surface area contributed by atoms with Crippen molar-refractivity contribution < 1.29 is 9.59 Å². The van der Waals surface area contributed by atoms with Gasteiger partial charge in [-0.25, -0.2) is 0 Å². The van der Waals surface area contributed by atoms with Gasteiger partial charge in [-0.3, -0.25) is 9.59 Å². The van der Waals surface area contributed by atoms with E-state index in [0.29, 0.717) is 12.6 Å². The van der Waals surface area contributed by atoms with Gasteiger partial charge in [0, 0.05) is 6.08 Å². The number of terminal acetylenes is 1. The van der Waals surface area contributed by atoms with Crippen molar-refractivity contribution in [2.24, 2.45) is 0 Å². The van der Waals surface area contributed by atoms with Crippen molar-refractivity contribution in [1.82, 2.24) is 0 Å². The van der Waals surface area contributed by atoms with Crippen LogP contribution in [0.25, 0.3) is 0 Å². The first-order valence-electron chi connectivity index (χ1n) is 1.91. The largest absolute Gasteiger partial charge is 0.298 e. The van der Waals surface area contributed by atoms with Gasteiger partial charge in [-0.15, -0.1) is 6.42 Å². The summed E-state index contributed by atoms with van der Waals surface area (Å²) < 4.78 is 0. The van der Waals surface area contributed by atoms with Gasteiger partial charge in [0.25, 0.3) is 0 Å². The smallest absolute Gasteiger partial charge is 0.153 e. The molecule has 0 aromatic heterocycles. The summed E-state index contributed by atoms with van der Waals surface area (Å²) >= 11 is 0. The molecule has 0 aliphatic heterocycles. The van der Waals surface area contributed by atoms with Crippen LogP contribution >= 0.6 is 0 Å². The summed E-state index contributed by atoms with van der Waals surface area (Å²) in [4.78, 5) is 19.5. The van der Waals surface area contributed by atoms with Crippen LogP contribution < -0.4 is 0 Å². The van der Waals surface area contributed by atoms with Gasteiger partial charge >= 0.3 is 0 Å². The summed E-state index contributed by atoms with van der Waals surface area (Å²) in [7, 11) is 0. The molecule has 0 spiro atoms. The number of hydrogen-bond acceptors (Lipinski definition) is 2. The molecule has 0 aromatic carbocycles. The van der Waals surface area contributed by atoms with Gasteiger partial charge < -0.3 is 0 Å². The van der Waals surface area contributed by atoms with E-state index in [4.69, 9.17) is 6.42 Å². The molecule has 0 heterocycles. The minimum atomic E-state index is -0.00694. The maximum absolute atomic E-state index is 9.73. The number of allylic oxidation sites excluding steroid dienone is 2. The molecule has 0 rings (SSSR count). The van der Waals surface area contributed by atoms with Crippen LogP contribution in [0.15, 0.2) is 11.6 Å². The second-order valence-corrected chi connectivity index (χ2v) is 1.05. The molecule has 0 bridgehead atoms. The maximum Gasteiger partial charge on any atom is 0.153 e. The molecule has 0 saturated carbocycles. The van der Waals surface area contributed by atoms with Crippen LogP contribution in [-0.4, -0.2) is 12.6 Å². The Bertz CT molecular complexity index is 150. The molecule has 8 heavy (non-hydrogen) atoms. The molecular formula is C6H4O2. The van der Waals surface area contributed by atoms with Crippen LogP contribution in [0.1, 0.15) is 0 Å². The fraction of sp³-hybridized carbons (Fsp3) is 0. The fourth-order valence-electron chi connectivity index (χ4n) is 0.192. The van der Waals surface area contributed by atoms with Gasteiger partial charge in [0.1, 0.15) is 0 Å². The SMILES string of the molecule is C#CC=C(C=O)C=O. The summed E-state index contributed by atoms with van der Waals surface area (Å²) in [6.07, 6.45) is 6.67. The van der Waals surface area contributed by atoms with Crippen molar-refractivity contribution in [3.05, 3.63) is 11.6 Å².